The third-order valence-corrected chi connectivity index (χ3v) is 1.82. The number of H-pyrrole nitrogens is 1. The normalized spacial score (nSPS) is 9.75. The van der Waals surface area contributed by atoms with E-state index in [0.29, 0.717) is 0 Å². The lowest BCUT2D eigenvalue weighted by Gasteiger charge is -1.96. The Kier molecular flexibility index (Phi) is 4.78. The highest BCUT2D eigenvalue weighted by molar-refractivity contribution is 7.74. The first-order chi connectivity index (χ1) is 7.59. The lowest BCUT2D eigenvalue weighted by atomic mass is 10.1. The van der Waals surface area contributed by atoms with Crippen LogP contribution in [0.5, 0.6) is 0 Å². The standard InChI is InChI=1S/C10H10N2.F2OS/c1-8-2-4-9(5-3-8)10-11-6-7-12-10;1-4(2)3/h2-7H,1H3,(H,11,12);. The van der Waals surface area contributed by atoms with Gasteiger partial charge in [0, 0.05) is 18.0 Å². The molecule has 0 radical (unpaired) electrons. The Labute approximate surface area is 94.6 Å². The fraction of sp³-hybridized carbons (Fsp3) is 0.100. The predicted molar refractivity (Wildman–Crippen MR) is 59.1 cm³/mol. The van der Waals surface area contributed by atoms with E-state index < -0.39 is 11.6 Å². The van der Waals surface area contributed by atoms with E-state index in [9.17, 15) is 7.77 Å². The van der Waals surface area contributed by atoms with Gasteiger partial charge in [-0.05, 0) is 6.92 Å². The number of hydrogen-bond donors (Lipinski definition) is 1. The molecule has 16 heavy (non-hydrogen) atoms. The molecule has 6 heteroatoms. The minimum atomic E-state index is -3.61. The molecule has 0 aliphatic carbocycles. The van der Waals surface area contributed by atoms with Crippen LogP contribution in [0, 0.1) is 6.92 Å². The van der Waals surface area contributed by atoms with E-state index in [4.69, 9.17) is 4.21 Å². The van der Waals surface area contributed by atoms with Crippen LogP contribution in [-0.2, 0) is 11.6 Å². The van der Waals surface area contributed by atoms with Gasteiger partial charge in [-0.15, -0.1) is 0 Å². The fourth-order valence-corrected chi connectivity index (χ4v) is 1.13. The summed E-state index contributed by atoms with van der Waals surface area (Å²) in [5, 5.41) is 0. The van der Waals surface area contributed by atoms with Gasteiger partial charge in [-0.25, -0.2) is 4.98 Å². The molecule has 2 aromatic rings. The minimum absolute atomic E-state index is 0.926. The van der Waals surface area contributed by atoms with E-state index >= 15 is 0 Å². The number of nitrogens with zero attached hydrogens (tertiary/aromatic N) is 1. The molecule has 3 nitrogen and oxygen atoms in total. The molecule has 86 valence electrons. The summed E-state index contributed by atoms with van der Waals surface area (Å²) < 4.78 is 27.8. The minimum Gasteiger partial charge on any atom is -0.345 e. The fourth-order valence-electron chi connectivity index (χ4n) is 1.13. The number of aromatic amines is 1. The van der Waals surface area contributed by atoms with Crippen LogP contribution < -0.4 is 0 Å². The Hall–Kier alpha value is -1.56. The summed E-state index contributed by atoms with van der Waals surface area (Å²) in [6, 6.07) is 8.29. The zero-order valence-electron chi connectivity index (χ0n) is 8.48. The SMILES string of the molecule is Cc1ccc(-c2ncc[nH]2)cc1.O=S(F)F. The van der Waals surface area contributed by atoms with Crippen molar-refractivity contribution >= 4 is 11.6 Å². The van der Waals surface area contributed by atoms with Crippen molar-refractivity contribution in [2.24, 2.45) is 0 Å². The molecular formula is C10H10F2N2OS. The molecule has 0 saturated carbocycles. The molecule has 1 aromatic heterocycles. The summed E-state index contributed by atoms with van der Waals surface area (Å²) in [5.41, 5.74) is 2.40. The maximum atomic E-state index is 9.81. The van der Waals surface area contributed by atoms with Crippen LogP contribution in [0.4, 0.5) is 7.77 Å². The molecule has 1 aromatic carbocycles. The van der Waals surface area contributed by atoms with Crippen LogP contribution in [0.1, 0.15) is 5.56 Å². The summed E-state index contributed by atoms with van der Waals surface area (Å²) >= 11 is -3.61. The van der Waals surface area contributed by atoms with Gasteiger partial charge in [0.15, 0.2) is 0 Å². The monoisotopic (exact) mass is 244 g/mol. The van der Waals surface area contributed by atoms with Crippen molar-refractivity contribution in [1.29, 1.82) is 0 Å². The Bertz CT molecular complexity index is 438. The zero-order chi connectivity index (χ0) is 12.0. The van der Waals surface area contributed by atoms with Crippen LogP contribution in [0.2, 0.25) is 0 Å². The van der Waals surface area contributed by atoms with Gasteiger partial charge in [-0.1, -0.05) is 37.6 Å². The van der Waals surface area contributed by atoms with Crippen LogP contribution in [0.15, 0.2) is 36.7 Å². The van der Waals surface area contributed by atoms with Crippen molar-refractivity contribution in [3.63, 3.8) is 0 Å². The number of rotatable bonds is 1. The molecule has 0 aliphatic heterocycles. The Morgan fingerprint density at radius 3 is 2.25 bits per heavy atom. The van der Waals surface area contributed by atoms with Crippen LogP contribution in [0.25, 0.3) is 11.4 Å². The average molecular weight is 244 g/mol. The molecular weight excluding hydrogens is 234 g/mol. The number of aromatic nitrogens is 2. The van der Waals surface area contributed by atoms with Crippen LogP contribution in [0.3, 0.4) is 0 Å². The van der Waals surface area contributed by atoms with Crippen LogP contribution in [-0.4, -0.2) is 14.2 Å². The molecule has 0 fully saturated rings. The molecule has 0 unspecified atom stereocenters. The van der Waals surface area contributed by atoms with Gasteiger partial charge in [0.2, 0.25) is 0 Å². The maximum absolute atomic E-state index is 9.81. The Morgan fingerprint density at radius 2 is 1.81 bits per heavy atom. The van der Waals surface area contributed by atoms with Gasteiger partial charge >= 0.3 is 11.6 Å². The molecule has 0 spiro atoms. The quantitative estimate of drug-likeness (QED) is 0.784. The van der Waals surface area contributed by atoms with Gasteiger partial charge in [0.05, 0.1) is 0 Å². The van der Waals surface area contributed by atoms with Gasteiger partial charge in [0.1, 0.15) is 5.82 Å². The van der Waals surface area contributed by atoms with E-state index in [1.54, 1.807) is 6.20 Å². The lowest BCUT2D eigenvalue weighted by molar-refractivity contribution is 0.602. The third-order valence-electron chi connectivity index (χ3n) is 1.82. The van der Waals surface area contributed by atoms with Crippen molar-refractivity contribution < 1.29 is 12.0 Å². The maximum Gasteiger partial charge on any atom is 0.385 e. The third kappa shape index (κ3) is 4.31. The number of aryl methyl sites for hydroxylation is 1. The van der Waals surface area contributed by atoms with Crippen molar-refractivity contribution in [2.45, 2.75) is 6.92 Å². The van der Waals surface area contributed by atoms with Crippen molar-refractivity contribution in [3.8, 4) is 11.4 Å². The van der Waals surface area contributed by atoms with E-state index in [2.05, 4.69) is 41.2 Å². The first-order valence-electron chi connectivity index (χ1n) is 4.40. The van der Waals surface area contributed by atoms with Crippen LogP contribution >= 0.6 is 0 Å². The average Bonchev–Trinajstić information content (AvgIpc) is 2.71. The molecule has 2 rings (SSSR count). The highest BCUT2D eigenvalue weighted by Gasteiger charge is 1.96. The molecule has 0 amide bonds. The topological polar surface area (TPSA) is 45.8 Å². The first-order valence-corrected chi connectivity index (χ1v) is 5.35. The molecule has 0 atom stereocenters. The number of halogens is 2. The lowest BCUT2D eigenvalue weighted by Crippen LogP contribution is -1.79. The number of imidazole rings is 1. The molecule has 0 aliphatic rings. The molecule has 0 saturated heterocycles. The van der Waals surface area contributed by atoms with E-state index in [1.165, 1.54) is 5.56 Å². The van der Waals surface area contributed by atoms with Gasteiger partial charge < -0.3 is 4.98 Å². The van der Waals surface area contributed by atoms with Crippen molar-refractivity contribution in [3.05, 3.63) is 42.2 Å². The molecule has 0 bridgehead atoms. The second-order valence-corrected chi connectivity index (χ2v) is 3.36. The van der Waals surface area contributed by atoms with Gasteiger partial charge in [0.25, 0.3) is 0 Å². The zero-order valence-corrected chi connectivity index (χ0v) is 9.30. The Balaban J connectivity index is 0.000000280. The summed E-state index contributed by atoms with van der Waals surface area (Å²) in [7, 11) is 0. The predicted octanol–water partition coefficient (Wildman–Crippen LogP) is 2.89. The highest BCUT2D eigenvalue weighted by atomic mass is 32.2. The highest BCUT2D eigenvalue weighted by Crippen LogP contribution is 2.14. The van der Waals surface area contributed by atoms with E-state index in [0.717, 1.165) is 11.4 Å². The second kappa shape index (κ2) is 6.12. The van der Waals surface area contributed by atoms with Gasteiger partial charge in [-0.3, -0.25) is 0 Å². The smallest absolute Gasteiger partial charge is 0.345 e. The molecule has 1 heterocycles. The molecule has 1 N–H and O–H groups in total. The number of hydrogen-bond acceptors (Lipinski definition) is 2. The summed E-state index contributed by atoms with van der Waals surface area (Å²) in [6.45, 7) is 2.08. The van der Waals surface area contributed by atoms with Gasteiger partial charge in [-0.2, -0.15) is 4.21 Å². The van der Waals surface area contributed by atoms with Crippen molar-refractivity contribution in [1.82, 2.24) is 9.97 Å². The summed E-state index contributed by atoms with van der Waals surface area (Å²) in [6.07, 6.45) is 3.59. The summed E-state index contributed by atoms with van der Waals surface area (Å²) in [5.74, 6) is 0.926. The Morgan fingerprint density at radius 1 is 1.25 bits per heavy atom. The van der Waals surface area contributed by atoms with E-state index in [-0.39, 0.29) is 0 Å². The van der Waals surface area contributed by atoms with E-state index in [1.807, 2.05) is 6.20 Å². The summed E-state index contributed by atoms with van der Waals surface area (Å²) in [4.78, 5) is 7.22. The largest absolute Gasteiger partial charge is 0.385 e. The first kappa shape index (κ1) is 12.5. The number of benzene rings is 1. The second-order valence-electron chi connectivity index (χ2n) is 2.99. The number of nitrogens with one attached hydrogen (secondary N) is 1. The van der Waals surface area contributed by atoms with Crippen molar-refractivity contribution in [2.75, 3.05) is 0 Å².